The Balaban J connectivity index is 1.70. The zero-order chi connectivity index (χ0) is 15.6. The van der Waals surface area contributed by atoms with Crippen LogP contribution in [0.5, 0.6) is 0 Å². The molecule has 116 valence electrons. The lowest BCUT2D eigenvalue weighted by molar-refractivity contribution is -0.156. The third-order valence-corrected chi connectivity index (χ3v) is 4.40. The number of benzene rings is 1. The van der Waals surface area contributed by atoms with Crippen molar-refractivity contribution in [2.75, 3.05) is 0 Å². The standard InChI is InChI=1S/C16H17ClN2O3/c1-2-13-18-14(22-19-13)10-21-15(20)16(8-3-9-16)11-4-6-12(17)7-5-11/h4-7H,2-3,8-10H2,1H3. The molecule has 1 saturated carbocycles. The Bertz CT molecular complexity index is 662. The van der Waals surface area contributed by atoms with Crippen LogP contribution in [-0.2, 0) is 28.0 Å². The van der Waals surface area contributed by atoms with Gasteiger partial charge in [0.1, 0.15) is 0 Å². The summed E-state index contributed by atoms with van der Waals surface area (Å²) in [5.41, 5.74) is 0.394. The number of ether oxygens (including phenoxy) is 1. The monoisotopic (exact) mass is 320 g/mol. The molecule has 1 aromatic carbocycles. The molecule has 0 unspecified atom stereocenters. The van der Waals surface area contributed by atoms with Gasteiger partial charge in [0.25, 0.3) is 5.89 Å². The molecule has 1 aromatic heterocycles. The maximum Gasteiger partial charge on any atom is 0.317 e. The number of nitrogens with zero attached hydrogens (tertiary/aromatic N) is 2. The van der Waals surface area contributed by atoms with E-state index in [4.69, 9.17) is 20.9 Å². The lowest BCUT2D eigenvalue weighted by Gasteiger charge is -2.39. The van der Waals surface area contributed by atoms with Crippen molar-refractivity contribution < 1.29 is 14.1 Å². The molecule has 0 N–H and O–H groups in total. The van der Waals surface area contributed by atoms with E-state index in [1.54, 1.807) is 12.1 Å². The second-order valence-corrected chi connectivity index (χ2v) is 5.91. The van der Waals surface area contributed by atoms with Crippen LogP contribution in [0.3, 0.4) is 0 Å². The number of carbonyl (C=O) groups excluding carboxylic acids is 1. The van der Waals surface area contributed by atoms with Gasteiger partial charge in [-0.15, -0.1) is 0 Å². The van der Waals surface area contributed by atoms with E-state index >= 15 is 0 Å². The minimum absolute atomic E-state index is 0.0151. The lowest BCUT2D eigenvalue weighted by atomic mass is 9.64. The maximum absolute atomic E-state index is 12.5. The fraction of sp³-hybridized carbons (Fsp3) is 0.438. The zero-order valence-corrected chi connectivity index (χ0v) is 13.1. The van der Waals surface area contributed by atoms with Gasteiger partial charge in [0.2, 0.25) is 0 Å². The molecule has 2 aromatic rings. The number of hydrogen-bond donors (Lipinski definition) is 0. The SMILES string of the molecule is CCc1noc(COC(=O)C2(c3ccc(Cl)cc3)CCC2)n1. The first-order valence-corrected chi connectivity index (χ1v) is 7.76. The van der Waals surface area contributed by atoms with E-state index in [-0.39, 0.29) is 12.6 Å². The summed E-state index contributed by atoms with van der Waals surface area (Å²) in [6.07, 6.45) is 3.28. The van der Waals surface area contributed by atoms with Gasteiger partial charge in [0.05, 0.1) is 5.41 Å². The van der Waals surface area contributed by atoms with Crippen molar-refractivity contribution in [3.05, 3.63) is 46.6 Å². The highest BCUT2D eigenvalue weighted by Crippen LogP contribution is 2.45. The molecule has 0 bridgehead atoms. The molecular weight excluding hydrogens is 304 g/mol. The van der Waals surface area contributed by atoms with Gasteiger partial charge in [-0.05, 0) is 30.5 Å². The number of aromatic nitrogens is 2. The maximum atomic E-state index is 12.5. The first kappa shape index (κ1) is 15.0. The average molecular weight is 321 g/mol. The van der Waals surface area contributed by atoms with Crippen molar-refractivity contribution in [2.24, 2.45) is 0 Å². The summed E-state index contributed by atoms with van der Waals surface area (Å²) in [4.78, 5) is 16.7. The highest BCUT2D eigenvalue weighted by atomic mass is 35.5. The molecular formula is C16H17ClN2O3. The van der Waals surface area contributed by atoms with Gasteiger partial charge < -0.3 is 9.26 Å². The van der Waals surface area contributed by atoms with E-state index < -0.39 is 5.41 Å². The summed E-state index contributed by atoms with van der Waals surface area (Å²) in [6.45, 7) is 1.95. The van der Waals surface area contributed by atoms with Gasteiger partial charge >= 0.3 is 5.97 Å². The van der Waals surface area contributed by atoms with Gasteiger partial charge in [0.15, 0.2) is 12.4 Å². The van der Waals surface area contributed by atoms with E-state index in [2.05, 4.69) is 10.1 Å². The predicted molar refractivity (Wildman–Crippen MR) is 80.5 cm³/mol. The molecule has 0 radical (unpaired) electrons. The van der Waals surface area contributed by atoms with Crippen LogP contribution in [0.2, 0.25) is 5.02 Å². The van der Waals surface area contributed by atoms with E-state index in [9.17, 15) is 4.79 Å². The predicted octanol–water partition coefficient (Wildman–Crippen LogP) is 3.45. The largest absolute Gasteiger partial charge is 0.455 e. The van der Waals surface area contributed by atoms with Crippen LogP contribution in [0.15, 0.2) is 28.8 Å². The average Bonchev–Trinajstić information content (AvgIpc) is 2.94. The quantitative estimate of drug-likeness (QED) is 0.789. The molecule has 0 aliphatic heterocycles. The molecule has 0 atom stereocenters. The van der Waals surface area contributed by atoms with Gasteiger partial charge in [-0.1, -0.05) is 42.2 Å². The molecule has 6 heteroatoms. The first-order chi connectivity index (χ1) is 10.6. The number of hydrogen-bond acceptors (Lipinski definition) is 5. The zero-order valence-electron chi connectivity index (χ0n) is 12.3. The molecule has 1 heterocycles. The summed E-state index contributed by atoms with van der Waals surface area (Å²) in [7, 11) is 0. The molecule has 3 rings (SSSR count). The molecule has 1 fully saturated rings. The molecule has 0 saturated heterocycles. The highest BCUT2D eigenvalue weighted by Gasteiger charge is 2.47. The van der Waals surface area contributed by atoms with Crippen molar-refractivity contribution >= 4 is 17.6 Å². The van der Waals surface area contributed by atoms with Crippen LogP contribution in [0.25, 0.3) is 0 Å². The van der Waals surface area contributed by atoms with Crippen molar-refractivity contribution in [3.63, 3.8) is 0 Å². The first-order valence-electron chi connectivity index (χ1n) is 7.39. The van der Waals surface area contributed by atoms with Crippen LogP contribution in [0.4, 0.5) is 0 Å². The Morgan fingerprint density at radius 3 is 2.64 bits per heavy atom. The Labute approximate surface area is 133 Å². The van der Waals surface area contributed by atoms with Crippen molar-refractivity contribution in [3.8, 4) is 0 Å². The number of aryl methyl sites for hydroxylation is 1. The van der Waals surface area contributed by atoms with E-state index in [0.717, 1.165) is 24.8 Å². The van der Waals surface area contributed by atoms with Crippen LogP contribution in [-0.4, -0.2) is 16.1 Å². The Morgan fingerprint density at radius 1 is 1.36 bits per heavy atom. The van der Waals surface area contributed by atoms with Crippen LogP contribution >= 0.6 is 11.6 Å². The number of esters is 1. The molecule has 5 nitrogen and oxygen atoms in total. The van der Waals surface area contributed by atoms with E-state index in [0.29, 0.717) is 23.2 Å². The Morgan fingerprint density at radius 2 is 2.09 bits per heavy atom. The Hall–Kier alpha value is -1.88. The third-order valence-electron chi connectivity index (χ3n) is 4.15. The molecule has 0 amide bonds. The van der Waals surface area contributed by atoms with Crippen molar-refractivity contribution in [1.29, 1.82) is 0 Å². The Kier molecular flexibility index (Phi) is 4.16. The second kappa shape index (κ2) is 6.08. The highest BCUT2D eigenvalue weighted by molar-refractivity contribution is 6.30. The van der Waals surface area contributed by atoms with Gasteiger partial charge in [-0.2, -0.15) is 4.98 Å². The van der Waals surface area contributed by atoms with Gasteiger partial charge in [-0.3, -0.25) is 4.79 Å². The summed E-state index contributed by atoms with van der Waals surface area (Å²) >= 11 is 5.92. The van der Waals surface area contributed by atoms with Crippen molar-refractivity contribution in [1.82, 2.24) is 10.1 Å². The van der Waals surface area contributed by atoms with E-state index in [1.807, 2.05) is 19.1 Å². The normalized spacial score (nSPS) is 16.1. The summed E-state index contributed by atoms with van der Waals surface area (Å²) in [5, 5.41) is 4.44. The van der Waals surface area contributed by atoms with Gasteiger partial charge in [0, 0.05) is 11.4 Å². The van der Waals surface area contributed by atoms with Crippen molar-refractivity contribution in [2.45, 2.75) is 44.6 Å². The molecule has 22 heavy (non-hydrogen) atoms. The molecule has 0 spiro atoms. The van der Waals surface area contributed by atoms with Gasteiger partial charge in [-0.25, -0.2) is 0 Å². The number of rotatable bonds is 5. The summed E-state index contributed by atoms with van der Waals surface area (Å²) in [5.74, 6) is 0.704. The van der Waals surface area contributed by atoms with Crippen LogP contribution < -0.4 is 0 Å². The molecule has 1 aliphatic rings. The second-order valence-electron chi connectivity index (χ2n) is 5.48. The fourth-order valence-electron chi connectivity index (χ4n) is 2.67. The minimum atomic E-state index is -0.557. The minimum Gasteiger partial charge on any atom is -0.455 e. The fourth-order valence-corrected chi connectivity index (χ4v) is 2.79. The number of carbonyl (C=O) groups is 1. The van der Waals surface area contributed by atoms with Crippen LogP contribution in [0.1, 0.15) is 43.5 Å². The number of halogens is 1. The topological polar surface area (TPSA) is 65.2 Å². The molecule has 1 aliphatic carbocycles. The lowest BCUT2D eigenvalue weighted by Crippen LogP contribution is -2.43. The summed E-state index contributed by atoms with van der Waals surface area (Å²) in [6, 6.07) is 7.39. The third kappa shape index (κ3) is 2.73. The summed E-state index contributed by atoms with van der Waals surface area (Å²) < 4.78 is 10.4. The van der Waals surface area contributed by atoms with Crippen LogP contribution in [0, 0.1) is 0 Å². The van der Waals surface area contributed by atoms with E-state index in [1.165, 1.54) is 0 Å². The smallest absolute Gasteiger partial charge is 0.317 e.